The molecule has 0 saturated heterocycles. The molecule has 15 heavy (non-hydrogen) atoms. The highest BCUT2D eigenvalue weighted by Crippen LogP contribution is 2.18. The summed E-state index contributed by atoms with van der Waals surface area (Å²) in [4.78, 5) is 8.22. The van der Waals surface area contributed by atoms with Gasteiger partial charge in [-0.25, -0.2) is 4.98 Å². The van der Waals surface area contributed by atoms with Gasteiger partial charge in [0.1, 0.15) is 5.75 Å². The number of nitrogens with zero attached hydrogens (tertiary/aromatic N) is 2. The molecule has 1 aromatic heterocycles. The third-order valence-corrected chi connectivity index (χ3v) is 2.00. The van der Waals surface area contributed by atoms with Gasteiger partial charge in [0.05, 0.1) is 18.1 Å². The first-order valence-electron chi connectivity index (χ1n) is 4.77. The van der Waals surface area contributed by atoms with Gasteiger partial charge in [0.2, 0.25) is 5.88 Å². The molecular weight excluding hydrogens is 188 g/mol. The van der Waals surface area contributed by atoms with E-state index in [1.54, 1.807) is 12.4 Å². The second-order valence-electron chi connectivity index (χ2n) is 3.41. The molecule has 1 aromatic carbocycles. The van der Waals surface area contributed by atoms with E-state index in [9.17, 15) is 0 Å². The molecule has 1 heterocycles. The van der Waals surface area contributed by atoms with E-state index in [2.05, 4.69) is 9.97 Å². The van der Waals surface area contributed by atoms with Crippen LogP contribution in [0, 0.1) is 13.8 Å². The second kappa shape index (κ2) is 4.09. The van der Waals surface area contributed by atoms with Crippen molar-refractivity contribution >= 4 is 0 Å². The number of hydrogen-bond acceptors (Lipinski definition) is 3. The van der Waals surface area contributed by atoms with Crippen LogP contribution in [0.4, 0.5) is 0 Å². The zero-order chi connectivity index (χ0) is 10.7. The molecule has 0 fully saturated rings. The van der Waals surface area contributed by atoms with Gasteiger partial charge in [0.15, 0.2) is 0 Å². The number of aromatic nitrogens is 2. The average molecular weight is 200 g/mol. The normalized spacial score (nSPS) is 10.0. The van der Waals surface area contributed by atoms with Crippen LogP contribution < -0.4 is 4.74 Å². The van der Waals surface area contributed by atoms with Crippen molar-refractivity contribution in [2.24, 2.45) is 0 Å². The Balaban J connectivity index is 2.15. The predicted octanol–water partition coefficient (Wildman–Crippen LogP) is 2.89. The monoisotopic (exact) mass is 200 g/mol. The van der Waals surface area contributed by atoms with E-state index in [1.165, 1.54) is 5.56 Å². The molecule has 0 aliphatic carbocycles. The largest absolute Gasteiger partial charge is 0.438 e. The van der Waals surface area contributed by atoms with Crippen molar-refractivity contribution in [1.29, 1.82) is 0 Å². The lowest BCUT2D eigenvalue weighted by Gasteiger charge is -2.04. The fourth-order valence-corrected chi connectivity index (χ4v) is 1.16. The molecule has 2 rings (SSSR count). The fourth-order valence-electron chi connectivity index (χ4n) is 1.16. The van der Waals surface area contributed by atoms with Crippen molar-refractivity contribution in [2.45, 2.75) is 13.8 Å². The van der Waals surface area contributed by atoms with Crippen LogP contribution in [0.25, 0.3) is 0 Å². The summed E-state index contributed by atoms with van der Waals surface area (Å²) in [5.41, 5.74) is 2.09. The van der Waals surface area contributed by atoms with Crippen LogP contribution in [-0.4, -0.2) is 9.97 Å². The first kappa shape index (κ1) is 9.65. The first-order valence-corrected chi connectivity index (χ1v) is 4.77. The maximum absolute atomic E-state index is 5.51. The van der Waals surface area contributed by atoms with E-state index >= 15 is 0 Å². The Hall–Kier alpha value is -1.90. The van der Waals surface area contributed by atoms with Crippen molar-refractivity contribution < 1.29 is 4.74 Å². The van der Waals surface area contributed by atoms with Gasteiger partial charge in [-0.2, -0.15) is 0 Å². The summed E-state index contributed by atoms with van der Waals surface area (Å²) in [6.07, 6.45) is 3.30. The highest BCUT2D eigenvalue weighted by atomic mass is 16.5. The standard InChI is InChI=1S/C12H12N2O/c1-9-3-5-11(6-4-9)15-12-8-13-10(2)7-14-12/h3-8H,1-2H3. The molecule has 76 valence electrons. The van der Waals surface area contributed by atoms with E-state index in [-0.39, 0.29) is 0 Å². The van der Waals surface area contributed by atoms with Crippen LogP contribution in [0.15, 0.2) is 36.7 Å². The van der Waals surface area contributed by atoms with E-state index < -0.39 is 0 Å². The third kappa shape index (κ3) is 2.53. The van der Waals surface area contributed by atoms with Gasteiger partial charge < -0.3 is 4.74 Å². The average Bonchev–Trinajstić information content (AvgIpc) is 2.25. The molecule has 0 saturated carbocycles. The van der Waals surface area contributed by atoms with Crippen LogP contribution in [-0.2, 0) is 0 Å². The van der Waals surface area contributed by atoms with E-state index in [0.717, 1.165) is 11.4 Å². The summed E-state index contributed by atoms with van der Waals surface area (Å²) in [6, 6.07) is 7.82. The molecule has 3 heteroatoms. The Kier molecular flexibility index (Phi) is 2.63. The number of ether oxygens (including phenoxy) is 1. The molecule has 0 aliphatic rings. The number of benzene rings is 1. The molecule has 0 atom stereocenters. The van der Waals surface area contributed by atoms with Gasteiger partial charge in [0.25, 0.3) is 0 Å². The minimum absolute atomic E-state index is 0.518. The zero-order valence-electron chi connectivity index (χ0n) is 8.77. The molecule has 2 aromatic rings. The van der Waals surface area contributed by atoms with Gasteiger partial charge in [-0.15, -0.1) is 0 Å². The van der Waals surface area contributed by atoms with Gasteiger partial charge in [-0.1, -0.05) is 17.7 Å². The van der Waals surface area contributed by atoms with Gasteiger partial charge in [-0.3, -0.25) is 4.98 Å². The predicted molar refractivity (Wildman–Crippen MR) is 58.0 cm³/mol. The SMILES string of the molecule is Cc1ccc(Oc2cnc(C)cn2)cc1. The second-order valence-corrected chi connectivity index (χ2v) is 3.41. The molecule has 0 N–H and O–H groups in total. The highest BCUT2D eigenvalue weighted by molar-refractivity contribution is 5.29. The lowest BCUT2D eigenvalue weighted by atomic mass is 10.2. The molecule has 0 unspecified atom stereocenters. The highest BCUT2D eigenvalue weighted by Gasteiger charge is 1.97. The lowest BCUT2D eigenvalue weighted by molar-refractivity contribution is 0.459. The maximum atomic E-state index is 5.51. The van der Waals surface area contributed by atoms with Gasteiger partial charge >= 0.3 is 0 Å². The molecule has 0 amide bonds. The van der Waals surface area contributed by atoms with Crippen molar-refractivity contribution in [3.63, 3.8) is 0 Å². The molecule has 0 radical (unpaired) electrons. The number of hydrogen-bond donors (Lipinski definition) is 0. The summed E-state index contributed by atoms with van der Waals surface area (Å²) < 4.78 is 5.51. The Bertz CT molecular complexity index is 391. The van der Waals surface area contributed by atoms with E-state index in [1.807, 2.05) is 38.1 Å². The summed E-state index contributed by atoms with van der Waals surface area (Å²) in [7, 11) is 0. The molecular formula is C12H12N2O. The fraction of sp³-hybridized carbons (Fsp3) is 0.167. The Morgan fingerprint density at radius 1 is 0.933 bits per heavy atom. The summed E-state index contributed by atoms with van der Waals surface area (Å²) >= 11 is 0. The summed E-state index contributed by atoms with van der Waals surface area (Å²) in [5.74, 6) is 1.29. The van der Waals surface area contributed by atoms with Crippen molar-refractivity contribution in [1.82, 2.24) is 9.97 Å². The Labute approximate surface area is 88.8 Å². The molecule has 3 nitrogen and oxygen atoms in total. The number of rotatable bonds is 2. The topological polar surface area (TPSA) is 35.0 Å². The van der Waals surface area contributed by atoms with Crippen LogP contribution in [0.2, 0.25) is 0 Å². The smallest absolute Gasteiger partial charge is 0.237 e. The van der Waals surface area contributed by atoms with E-state index in [4.69, 9.17) is 4.74 Å². The van der Waals surface area contributed by atoms with Crippen molar-refractivity contribution in [3.05, 3.63) is 47.9 Å². The first-order chi connectivity index (χ1) is 7.24. The lowest BCUT2D eigenvalue weighted by Crippen LogP contribution is -1.90. The summed E-state index contributed by atoms with van der Waals surface area (Å²) in [6.45, 7) is 3.93. The van der Waals surface area contributed by atoms with Crippen molar-refractivity contribution in [2.75, 3.05) is 0 Å². The summed E-state index contributed by atoms with van der Waals surface area (Å²) in [5, 5.41) is 0. The van der Waals surface area contributed by atoms with Crippen LogP contribution >= 0.6 is 0 Å². The third-order valence-electron chi connectivity index (χ3n) is 2.00. The van der Waals surface area contributed by atoms with Crippen molar-refractivity contribution in [3.8, 4) is 11.6 Å². The van der Waals surface area contributed by atoms with Gasteiger partial charge in [-0.05, 0) is 26.0 Å². The molecule has 0 aliphatic heterocycles. The van der Waals surface area contributed by atoms with Gasteiger partial charge in [0, 0.05) is 0 Å². The quantitative estimate of drug-likeness (QED) is 0.747. The zero-order valence-corrected chi connectivity index (χ0v) is 8.77. The Morgan fingerprint density at radius 2 is 1.67 bits per heavy atom. The van der Waals surface area contributed by atoms with Crippen LogP contribution in [0.1, 0.15) is 11.3 Å². The Morgan fingerprint density at radius 3 is 2.27 bits per heavy atom. The van der Waals surface area contributed by atoms with E-state index in [0.29, 0.717) is 5.88 Å². The van der Waals surface area contributed by atoms with Crippen LogP contribution in [0.3, 0.4) is 0 Å². The molecule has 0 spiro atoms. The molecule has 0 bridgehead atoms. The van der Waals surface area contributed by atoms with Crippen LogP contribution in [0.5, 0.6) is 11.6 Å². The minimum atomic E-state index is 0.518. The number of aryl methyl sites for hydroxylation is 2. The maximum Gasteiger partial charge on any atom is 0.237 e. The minimum Gasteiger partial charge on any atom is -0.438 e.